The molecular formula is C10H15N3O2. The molecule has 0 saturated carbocycles. The molecule has 1 aliphatic rings. The van der Waals surface area contributed by atoms with E-state index < -0.39 is 0 Å². The quantitative estimate of drug-likeness (QED) is 0.508. The number of carbonyl (C=O) groups excluding carboxylic acids is 2. The highest BCUT2D eigenvalue weighted by Gasteiger charge is 2.23. The fourth-order valence-electron chi connectivity index (χ4n) is 1.75. The summed E-state index contributed by atoms with van der Waals surface area (Å²) in [6, 6.07) is 1.71. The second-order valence-electron chi connectivity index (χ2n) is 3.60. The van der Waals surface area contributed by atoms with E-state index in [0.29, 0.717) is 0 Å². The van der Waals surface area contributed by atoms with Crippen molar-refractivity contribution in [3.8, 4) is 6.07 Å². The number of nitrogens with zero attached hydrogens (tertiary/aromatic N) is 2. The molecule has 1 amide bonds. The Morgan fingerprint density at radius 3 is 3.07 bits per heavy atom. The van der Waals surface area contributed by atoms with Crippen molar-refractivity contribution in [1.29, 1.82) is 5.26 Å². The van der Waals surface area contributed by atoms with Gasteiger partial charge in [0.15, 0.2) is 0 Å². The fraction of sp³-hybridized carbons (Fsp3) is 0.700. The van der Waals surface area contributed by atoms with Gasteiger partial charge in [0.2, 0.25) is 5.91 Å². The molecule has 1 atom stereocenters. The van der Waals surface area contributed by atoms with Crippen LogP contribution in [0.15, 0.2) is 0 Å². The smallest absolute Gasteiger partial charge is 0.235 e. The van der Waals surface area contributed by atoms with Gasteiger partial charge in [-0.05, 0) is 19.4 Å². The van der Waals surface area contributed by atoms with Crippen LogP contribution in [0.4, 0.5) is 0 Å². The monoisotopic (exact) mass is 209 g/mol. The number of hydrogen-bond acceptors (Lipinski definition) is 4. The summed E-state index contributed by atoms with van der Waals surface area (Å²) in [6.45, 7) is 1.02. The number of rotatable bonds is 4. The topological polar surface area (TPSA) is 73.2 Å². The van der Waals surface area contributed by atoms with E-state index in [1.807, 2.05) is 11.0 Å². The molecule has 0 aromatic heterocycles. The first-order valence-electron chi connectivity index (χ1n) is 5.11. The predicted molar refractivity (Wildman–Crippen MR) is 53.9 cm³/mol. The molecule has 1 aliphatic heterocycles. The highest BCUT2D eigenvalue weighted by Crippen LogP contribution is 2.14. The lowest BCUT2D eigenvalue weighted by Gasteiger charge is -2.31. The summed E-state index contributed by atoms with van der Waals surface area (Å²) < 4.78 is 0. The number of carbonyl (C=O) groups is 2. The number of aldehydes is 1. The zero-order valence-electron chi connectivity index (χ0n) is 8.61. The third-order valence-electron chi connectivity index (χ3n) is 2.53. The van der Waals surface area contributed by atoms with Crippen LogP contribution in [0, 0.1) is 11.3 Å². The molecule has 5 heteroatoms. The van der Waals surface area contributed by atoms with Crippen LogP contribution in [0.1, 0.15) is 19.3 Å². The second-order valence-corrected chi connectivity index (χ2v) is 3.60. The highest BCUT2D eigenvalue weighted by atomic mass is 16.2. The maximum Gasteiger partial charge on any atom is 0.235 e. The Bertz CT molecular complexity index is 272. The predicted octanol–water partition coefficient (Wildman–Crippen LogP) is -0.320. The van der Waals surface area contributed by atoms with E-state index >= 15 is 0 Å². The molecule has 1 fully saturated rings. The van der Waals surface area contributed by atoms with Crippen LogP contribution < -0.4 is 5.32 Å². The molecule has 1 unspecified atom stereocenters. The summed E-state index contributed by atoms with van der Waals surface area (Å²) >= 11 is 0. The van der Waals surface area contributed by atoms with E-state index in [4.69, 9.17) is 5.26 Å². The molecule has 82 valence electrons. The normalized spacial score (nSPS) is 21.7. The van der Waals surface area contributed by atoms with Crippen LogP contribution >= 0.6 is 0 Å². The van der Waals surface area contributed by atoms with E-state index in [1.165, 1.54) is 0 Å². The SMILES string of the molecule is N#CCNC(=O)CN1CCCCC1C=O. The zero-order chi connectivity index (χ0) is 11.1. The number of nitrogens with one attached hydrogen (secondary N) is 1. The molecule has 5 nitrogen and oxygen atoms in total. The minimum Gasteiger partial charge on any atom is -0.342 e. The summed E-state index contributed by atoms with van der Waals surface area (Å²) in [7, 11) is 0. The minimum atomic E-state index is -0.190. The molecule has 1 saturated heterocycles. The fourth-order valence-corrected chi connectivity index (χ4v) is 1.75. The van der Waals surface area contributed by atoms with Gasteiger partial charge in [-0.15, -0.1) is 0 Å². The van der Waals surface area contributed by atoms with Crippen LogP contribution in [-0.2, 0) is 9.59 Å². The van der Waals surface area contributed by atoms with E-state index in [1.54, 1.807) is 0 Å². The van der Waals surface area contributed by atoms with E-state index in [-0.39, 0.29) is 25.0 Å². The van der Waals surface area contributed by atoms with Crippen LogP contribution in [-0.4, -0.2) is 42.8 Å². The van der Waals surface area contributed by atoms with Crippen molar-refractivity contribution in [2.24, 2.45) is 0 Å². The molecule has 0 aliphatic carbocycles. The molecule has 15 heavy (non-hydrogen) atoms. The molecular weight excluding hydrogens is 194 g/mol. The van der Waals surface area contributed by atoms with E-state index in [0.717, 1.165) is 32.1 Å². The van der Waals surface area contributed by atoms with Gasteiger partial charge >= 0.3 is 0 Å². The summed E-state index contributed by atoms with van der Waals surface area (Å²) in [5.74, 6) is -0.190. The highest BCUT2D eigenvalue weighted by molar-refractivity contribution is 5.78. The lowest BCUT2D eigenvalue weighted by Crippen LogP contribution is -2.46. The zero-order valence-corrected chi connectivity index (χ0v) is 8.61. The van der Waals surface area contributed by atoms with Gasteiger partial charge in [0.1, 0.15) is 12.8 Å². The Labute approximate surface area is 89.0 Å². The van der Waals surface area contributed by atoms with Crippen LogP contribution in [0.2, 0.25) is 0 Å². The van der Waals surface area contributed by atoms with Gasteiger partial charge in [0.25, 0.3) is 0 Å². The summed E-state index contributed by atoms with van der Waals surface area (Å²) in [5.41, 5.74) is 0. The second kappa shape index (κ2) is 6.14. The average molecular weight is 209 g/mol. The lowest BCUT2D eigenvalue weighted by molar-refractivity contribution is -0.124. The van der Waals surface area contributed by atoms with Crippen molar-refractivity contribution >= 4 is 12.2 Å². The summed E-state index contributed by atoms with van der Waals surface area (Å²) in [4.78, 5) is 23.9. The molecule has 0 aromatic rings. The lowest BCUT2D eigenvalue weighted by atomic mass is 10.0. The first kappa shape index (κ1) is 11.7. The van der Waals surface area contributed by atoms with E-state index in [2.05, 4.69) is 5.32 Å². The largest absolute Gasteiger partial charge is 0.342 e. The molecule has 1 N–H and O–H groups in total. The van der Waals surface area contributed by atoms with Gasteiger partial charge in [0, 0.05) is 0 Å². The Morgan fingerprint density at radius 2 is 2.40 bits per heavy atom. The van der Waals surface area contributed by atoms with Crippen LogP contribution in [0.5, 0.6) is 0 Å². The van der Waals surface area contributed by atoms with Crippen molar-refractivity contribution in [2.75, 3.05) is 19.6 Å². The van der Waals surface area contributed by atoms with Crippen molar-refractivity contribution < 1.29 is 9.59 Å². The number of nitriles is 1. The first-order chi connectivity index (χ1) is 7.27. The molecule has 1 heterocycles. The molecule has 0 spiro atoms. The number of hydrogen-bond donors (Lipinski definition) is 1. The van der Waals surface area contributed by atoms with Crippen LogP contribution in [0.25, 0.3) is 0 Å². The third kappa shape index (κ3) is 3.68. The molecule has 0 aromatic carbocycles. The van der Waals surface area contributed by atoms with Gasteiger partial charge in [-0.1, -0.05) is 6.42 Å². The van der Waals surface area contributed by atoms with E-state index in [9.17, 15) is 9.59 Å². The van der Waals surface area contributed by atoms with Gasteiger partial charge in [-0.25, -0.2) is 0 Å². The number of amides is 1. The molecule has 0 bridgehead atoms. The van der Waals surface area contributed by atoms with Crippen LogP contribution in [0.3, 0.4) is 0 Å². The standard InChI is InChI=1S/C10H15N3O2/c11-4-5-12-10(15)7-13-6-2-1-3-9(13)8-14/h8-9H,1-3,5-7H2,(H,12,15). The third-order valence-corrected chi connectivity index (χ3v) is 2.53. The molecule has 0 radical (unpaired) electrons. The molecule has 1 rings (SSSR count). The maximum atomic E-state index is 11.3. The van der Waals surface area contributed by atoms with Gasteiger partial charge in [0.05, 0.1) is 18.7 Å². The Balaban J connectivity index is 2.38. The number of piperidine rings is 1. The first-order valence-corrected chi connectivity index (χ1v) is 5.11. The Hall–Kier alpha value is -1.41. The Kier molecular flexibility index (Phi) is 4.78. The van der Waals surface area contributed by atoms with Crippen molar-refractivity contribution in [1.82, 2.24) is 10.2 Å². The van der Waals surface area contributed by atoms with Gasteiger partial charge < -0.3 is 10.1 Å². The van der Waals surface area contributed by atoms with Gasteiger partial charge in [-0.2, -0.15) is 5.26 Å². The van der Waals surface area contributed by atoms with Crippen molar-refractivity contribution in [3.63, 3.8) is 0 Å². The summed E-state index contributed by atoms with van der Waals surface area (Å²) in [5, 5.41) is 10.8. The minimum absolute atomic E-state index is 0.0262. The average Bonchev–Trinajstić information content (AvgIpc) is 2.27. The van der Waals surface area contributed by atoms with Crippen molar-refractivity contribution in [2.45, 2.75) is 25.3 Å². The maximum absolute atomic E-state index is 11.3. The Morgan fingerprint density at radius 1 is 1.60 bits per heavy atom. The van der Waals surface area contributed by atoms with Gasteiger partial charge in [-0.3, -0.25) is 9.69 Å². The van der Waals surface area contributed by atoms with Crippen molar-refractivity contribution in [3.05, 3.63) is 0 Å². The summed E-state index contributed by atoms with van der Waals surface area (Å²) in [6.07, 6.45) is 3.79. The number of likely N-dealkylation sites (tertiary alicyclic amines) is 1.